The van der Waals surface area contributed by atoms with Crippen LogP contribution >= 0.6 is 0 Å². The Hall–Kier alpha value is -3.00. The van der Waals surface area contributed by atoms with Gasteiger partial charge in [0.1, 0.15) is 23.9 Å². The molecule has 0 saturated carbocycles. The summed E-state index contributed by atoms with van der Waals surface area (Å²) in [4.78, 5) is 0.195. The van der Waals surface area contributed by atoms with E-state index in [0.717, 1.165) is 11.3 Å². The fourth-order valence-corrected chi connectivity index (χ4v) is 4.76. The van der Waals surface area contributed by atoms with Crippen LogP contribution in [0.1, 0.15) is 30.9 Å². The molecule has 0 aliphatic rings. The summed E-state index contributed by atoms with van der Waals surface area (Å²) in [6.45, 7) is 8.29. The topological polar surface area (TPSA) is 81.9 Å². The average Bonchev–Trinajstić information content (AvgIpc) is 3.08. The van der Waals surface area contributed by atoms with E-state index in [0.29, 0.717) is 36.1 Å². The van der Waals surface area contributed by atoms with Gasteiger partial charge >= 0.3 is 0 Å². The van der Waals surface area contributed by atoms with Crippen molar-refractivity contribution in [3.8, 4) is 11.5 Å². The maximum absolute atomic E-state index is 13.4. The summed E-state index contributed by atoms with van der Waals surface area (Å²) in [6.07, 6.45) is 0. The molecular formula is C23H28N2O5S. The van der Waals surface area contributed by atoms with Crippen molar-refractivity contribution < 1.29 is 22.4 Å². The number of sulfonamides is 1. The van der Waals surface area contributed by atoms with Gasteiger partial charge in [0.05, 0.1) is 29.0 Å². The van der Waals surface area contributed by atoms with Crippen molar-refractivity contribution in [2.75, 3.05) is 18.0 Å². The maximum Gasteiger partial charge on any atom is 0.264 e. The van der Waals surface area contributed by atoms with E-state index in [1.54, 1.807) is 55.6 Å². The van der Waals surface area contributed by atoms with Gasteiger partial charge in [-0.2, -0.15) is 0 Å². The summed E-state index contributed by atoms with van der Waals surface area (Å²) in [5.41, 5.74) is 2.23. The van der Waals surface area contributed by atoms with E-state index in [1.807, 2.05) is 27.7 Å². The van der Waals surface area contributed by atoms with Crippen molar-refractivity contribution in [3.63, 3.8) is 0 Å². The molecule has 7 nitrogen and oxygen atoms in total. The highest BCUT2D eigenvalue weighted by molar-refractivity contribution is 7.92. The fraction of sp³-hybridized carbons (Fsp3) is 0.348. The number of nitrogens with zero attached hydrogens (tertiary/aromatic N) is 2. The van der Waals surface area contributed by atoms with Crippen LogP contribution in [-0.2, 0) is 16.6 Å². The lowest BCUT2D eigenvalue weighted by Crippen LogP contribution is -2.34. The van der Waals surface area contributed by atoms with E-state index in [1.165, 1.54) is 4.31 Å². The average molecular weight is 445 g/mol. The lowest BCUT2D eigenvalue weighted by molar-refractivity contribution is 0.301. The highest BCUT2D eigenvalue weighted by atomic mass is 32.2. The predicted octanol–water partition coefficient (Wildman–Crippen LogP) is 4.73. The van der Waals surface area contributed by atoms with Gasteiger partial charge in [-0.25, -0.2) is 8.42 Å². The molecule has 2 aromatic carbocycles. The molecule has 0 radical (unpaired) electrons. The number of ether oxygens (including phenoxy) is 2. The SMILES string of the molecule is COc1cccc(N(CC(C)C)S(=O)(=O)c2ccc(OCc3c(C)noc3C)cc2)c1. The standard InChI is InChI=1S/C23H28N2O5S/c1-16(2)14-25(19-7-6-8-21(13-19)28-5)31(26,27)22-11-9-20(10-12-22)29-15-23-17(3)24-30-18(23)4/h6-13,16H,14-15H2,1-5H3. The van der Waals surface area contributed by atoms with Crippen LogP contribution in [0.5, 0.6) is 11.5 Å². The van der Waals surface area contributed by atoms with E-state index in [4.69, 9.17) is 14.0 Å². The van der Waals surface area contributed by atoms with Crippen LogP contribution in [0.2, 0.25) is 0 Å². The minimum absolute atomic E-state index is 0.138. The second-order valence-electron chi connectivity index (χ2n) is 7.69. The molecule has 8 heteroatoms. The van der Waals surface area contributed by atoms with Gasteiger partial charge in [0.2, 0.25) is 0 Å². The number of methoxy groups -OCH3 is 1. The Bertz CT molecular complexity index is 1100. The predicted molar refractivity (Wildman–Crippen MR) is 119 cm³/mol. The highest BCUT2D eigenvalue weighted by Crippen LogP contribution is 2.29. The van der Waals surface area contributed by atoms with Gasteiger partial charge in [-0.05, 0) is 56.2 Å². The maximum atomic E-state index is 13.4. The number of aryl methyl sites for hydroxylation is 2. The number of anilines is 1. The van der Waals surface area contributed by atoms with Gasteiger partial charge in [-0.15, -0.1) is 0 Å². The monoisotopic (exact) mass is 444 g/mol. The Labute approximate surface area is 183 Å². The van der Waals surface area contributed by atoms with Gasteiger partial charge < -0.3 is 14.0 Å². The van der Waals surface area contributed by atoms with Crippen molar-refractivity contribution in [2.45, 2.75) is 39.2 Å². The molecule has 0 spiro atoms. The zero-order valence-electron chi connectivity index (χ0n) is 18.5. The molecular weight excluding hydrogens is 416 g/mol. The first-order chi connectivity index (χ1) is 14.7. The van der Waals surface area contributed by atoms with E-state index in [2.05, 4.69) is 5.16 Å². The number of hydrogen-bond donors (Lipinski definition) is 0. The summed E-state index contributed by atoms with van der Waals surface area (Å²) in [5, 5.41) is 3.91. The molecule has 1 heterocycles. The first-order valence-electron chi connectivity index (χ1n) is 10.0. The molecule has 0 aliphatic carbocycles. The number of benzene rings is 2. The molecule has 0 bridgehead atoms. The number of rotatable bonds is 9. The summed E-state index contributed by atoms with van der Waals surface area (Å²) >= 11 is 0. The summed E-state index contributed by atoms with van der Waals surface area (Å²) in [7, 11) is -2.21. The Morgan fingerprint density at radius 1 is 1.06 bits per heavy atom. The molecule has 3 rings (SSSR count). The molecule has 0 atom stereocenters. The van der Waals surface area contributed by atoms with E-state index < -0.39 is 10.0 Å². The molecule has 0 aliphatic heterocycles. The van der Waals surface area contributed by atoms with Crippen LogP contribution in [-0.4, -0.2) is 27.2 Å². The molecule has 3 aromatic rings. The molecule has 31 heavy (non-hydrogen) atoms. The highest BCUT2D eigenvalue weighted by Gasteiger charge is 2.26. The first kappa shape index (κ1) is 22.7. The Balaban J connectivity index is 1.84. The fourth-order valence-electron chi connectivity index (χ4n) is 3.14. The van der Waals surface area contributed by atoms with Crippen LogP contribution in [0.25, 0.3) is 0 Å². The summed E-state index contributed by atoms with van der Waals surface area (Å²) < 4.78 is 44.5. The van der Waals surface area contributed by atoms with Crippen LogP contribution in [0.4, 0.5) is 5.69 Å². The lowest BCUT2D eigenvalue weighted by Gasteiger charge is -2.26. The molecule has 0 N–H and O–H groups in total. The lowest BCUT2D eigenvalue weighted by atomic mass is 10.2. The van der Waals surface area contributed by atoms with E-state index in [9.17, 15) is 8.42 Å². The Morgan fingerprint density at radius 2 is 1.77 bits per heavy atom. The van der Waals surface area contributed by atoms with E-state index in [-0.39, 0.29) is 10.8 Å². The molecule has 1 aromatic heterocycles. The van der Waals surface area contributed by atoms with Gasteiger partial charge in [0.25, 0.3) is 10.0 Å². The third kappa shape index (κ3) is 5.19. The largest absolute Gasteiger partial charge is 0.497 e. The molecule has 0 unspecified atom stereocenters. The van der Waals surface area contributed by atoms with Gasteiger partial charge in [-0.1, -0.05) is 25.1 Å². The Kier molecular flexibility index (Phi) is 6.90. The second-order valence-corrected chi connectivity index (χ2v) is 9.56. The van der Waals surface area contributed by atoms with Crippen molar-refractivity contribution in [2.24, 2.45) is 5.92 Å². The van der Waals surface area contributed by atoms with Crippen molar-refractivity contribution in [1.82, 2.24) is 5.16 Å². The van der Waals surface area contributed by atoms with Crippen molar-refractivity contribution in [3.05, 3.63) is 65.5 Å². The van der Waals surface area contributed by atoms with Crippen molar-refractivity contribution in [1.29, 1.82) is 0 Å². The van der Waals surface area contributed by atoms with Crippen LogP contribution in [0.15, 0.2) is 57.9 Å². The minimum atomic E-state index is -3.77. The molecule has 0 amide bonds. The van der Waals surface area contributed by atoms with Crippen molar-refractivity contribution >= 4 is 15.7 Å². The molecule has 0 saturated heterocycles. The normalized spacial score (nSPS) is 11.5. The number of aromatic nitrogens is 1. The molecule has 0 fully saturated rings. The summed E-state index contributed by atoms with van der Waals surface area (Å²) in [5.74, 6) is 2.01. The van der Waals surface area contributed by atoms with Gasteiger partial charge in [0.15, 0.2) is 0 Å². The molecule has 166 valence electrons. The number of hydrogen-bond acceptors (Lipinski definition) is 6. The van der Waals surface area contributed by atoms with Crippen LogP contribution in [0.3, 0.4) is 0 Å². The zero-order valence-corrected chi connectivity index (χ0v) is 19.3. The van der Waals surface area contributed by atoms with Crippen LogP contribution in [0, 0.1) is 19.8 Å². The van der Waals surface area contributed by atoms with E-state index >= 15 is 0 Å². The summed E-state index contributed by atoms with van der Waals surface area (Å²) in [6, 6.07) is 13.5. The Morgan fingerprint density at radius 3 is 2.35 bits per heavy atom. The minimum Gasteiger partial charge on any atom is -0.497 e. The quantitative estimate of drug-likeness (QED) is 0.475. The van der Waals surface area contributed by atoms with Crippen LogP contribution < -0.4 is 13.8 Å². The zero-order chi connectivity index (χ0) is 22.6. The van der Waals surface area contributed by atoms with Gasteiger partial charge in [-0.3, -0.25) is 4.31 Å². The third-order valence-corrected chi connectivity index (χ3v) is 6.66. The smallest absolute Gasteiger partial charge is 0.264 e. The van der Waals surface area contributed by atoms with Gasteiger partial charge in [0, 0.05) is 12.6 Å². The first-order valence-corrected chi connectivity index (χ1v) is 11.5. The second kappa shape index (κ2) is 9.43. The third-order valence-electron chi connectivity index (χ3n) is 4.85.